The van der Waals surface area contributed by atoms with Gasteiger partial charge in [-0.05, 0) is 63.1 Å². The zero-order valence-corrected chi connectivity index (χ0v) is 19.5. The number of hydrogen-bond donors (Lipinski definition) is 0. The average Bonchev–Trinajstić information content (AvgIpc) is 3.56. The van der Waals surface area contributed by atoms with Crippen LogP contribution in [0.5, 0.6) is 5.75 Å². The highest BCUT2D eigenvalue weighted by molar-refractivity contribution is 6.30. The molecule has 0 atom stereocenters. The van der Waals surface area contributed by atoms with Gasteiger partial charge in [0.1, 0.15) is 11.6 Å². The molecule has 1 saturated heterocycles. The molecule has 2 aromatic heterocycles. The van der Waals surface area contributed by atoms with Crippen molar-refractivity contribution in [1.29, 1.82) is 0 Å². The largest absolute Gasteiger partial charge is 0.478 e. The molecule has 0 bridgehead atoms. The van der Waals surface area contributed by atoms with E-state index in [1.54, 1.807) is 44.3 Å². The van der Waals surface area contributed by atoms with E-state index in [-0.39, 0.29) is 5.91 Å². The van der Waals surface area contributed by atoms with Crippen LogP contribution in [0.2, 0.25) is 5.02 Å². The number of aromatic nitrogens is 3. The molecule has 8 nitrogen and oxygen atoms in total. The second-order valence-electron chi connectivity index (χ2n) is 8.98. The van der Waals surface area contributed by atoms with E-state index in [2.05, 4.69) is 20.0 Å². The summed E-state index contributed by atoms with van der Waals surface area (Å²) in [5.41, 5.74) is -0.135. The van der Waals surface area contributed by atoms with Gasteiger partial charge in [0, 0.05) is 48.9 Å². The predicted octanol–water partition coefficient (Wildman–Crippen LogP) is 4.17. The van der Waals surface area contributed by atoms with Gasteiger partial charge in [0.05, 0.1) is 0 Å². The van der Waals surface area contributed by atoms with E-state index in [1.807, 2.05) is 17.0 Å². The Morgan fingerprint density at radius 3 is 2.45 bits per heavy atom. The molecule has 1 amide bonds. The van der Waals surface area contributed by atoms with E-state index in [4.69, 9.17) is 20.9 Å². The van der Waals surface area contributed by atoms with Gasteiger partial charge in [0.2, 0.25) is 11.7 Å². The lowest BCUT2D eigenvalue weighted by Gasteiger charge is -2.39. The highest BCUT2D eigenvalue weighted by atomic mass is 35.5. The van der Waals surface area contributed by atoms with E-state index < -0.39 is 5.60 Å². The number of rotatable bonds is 6. The maximum atomic E-state index is 13.1. The second kappa shape index (κ2) is 8.67. The van der Waals surface area contributed by atoms with Crippen LogP contribution in [0.4, 0.5) is 5.82 Å². The van der Waals surface area contributed by atoms with Gasteiger partial charge >= 0.3 is 0 Å². The van der Waals surface area contributed by atoms with Crippen LogP contribution in [0.15, 0.2) is 47.1 Å². The van der Waals surface area contributed by atoms with E-state index >= 15 is 0 Å². The van der Waals surface area contributed by atoms with Crippen LogP contribution in [0, 0.1) is 0 Å². The van der Waals surface area contributed by atoms with Crippen molar-refractivity contribution in [2.24, 2.45) is 0 Å². The molecular weight excluding hydrogens is 442 g/mol. The van der Waals surface area contributed by atoms with E-state index in [9.17, 15) is 4.79 Å². The normalized spacial score (nSPS) is 16.7. The fraction of sp³-hybridized carbons (Fsp3) is 0.417. The summed E-state index contributed by atoms with van der Waals surface area (Å²) < 4.78 is 11.3. The second-order valence-corrected chi connectivity index (χ2v) is 9.42. The molecule has 0 radical (unpaired) electrons. The Balaban J connectivity index is 1.17. The first-order valence-electron chi connectivity index (χ1n) is 11.2. The molecule has 1 aliphatic carbocycles. The molecule has 1 saturated carbocycles. The topological polar surface area (TPSA) is 84.6 Å². The number of amides is 1. The number of carbonyl (C=O) groups is 1. The Bertz CT molecular complexity index is 1120. The van der Waals surface area contributed by atoms with Crippen molar-refractivity contribution in [2.45, 2.75) is 38.2 Å². The first kappa shape index (κ1) is 21.7. The van der Waals surface area contributed by atoms with Gasteiger partial charge in [-0.15, -0.1) is 0 Å². The number of pyridine rings is 1. The molecule has 9 heteroatoms. The van der Waals surface area contributed by atoms with Gasteiger partial charge in [-0.2, -0.15) is 4.98 Å². The van der Waals surface area contributed by atoms with Gasteiger partial charge in [-0.25, -0.2) is 4.98 Å². The zero-order chi connectivity index (χ0) is 23.0. The zero-order valence-electron chi connectivity index (χ0n) is 18.7. The van der Waals surface area contributed by atoms with Gasteiger partial charge in [-0.3, -0.25) is 4.79 Å². The third-order valence-corrected chi connectivity index (χ3v) is 6.22. The number of ether oxygens (including phenoxy) is 1. The maximum absolute atomic E-state index is 13.1. The lowest BCUT2D eigenvalue weighted by Crippen LogP contribution is -2.56. The third kappa shape index (κ3) is 4.80. The minimum atomic E-state index is -0.972. The number of piperazine rings is 1. The minimum Gasteiger partial charge on any atom is -0.478 e. The van der Waals surface area contributed by atoms with Crippen LogP contribution in [-0.4, -0.2) is 57.7 Å². The van der Waals surface area contributed by atoms with Crippen molar-refractivity contribution in [2.75, 3.05) is 31.1 Å². The molecule has 0 unspecified atom stereocenters. The summed E-state index contributed by atoms with van der Waals surface area (Å²) in [5, 5.41) is 4.70. The molecule has 5 rings (SSSR count). The van der Waals surface area contributed by atoms with E-state index in [0.717, 1.165) is 30.1 Å². The number of benzene rings is 1. The first-order valence-corrected chi connectivity index (χ1v) is 11.6. The van der Waals surface area contributed by atoms with Crippen molar-refractivity contribution in [3.8, 4) is 17.1 Å². The van der Waals surface area contributed by atoms with Crippen molar-refractivity contribution < 1.29 is 14.1 Å². The van der Waals surface area contributed by atoms with Crippen LogP contribution in [0.1, 0.15) is 38.5 Å². The summed E-state index contributed by atoms with van der Waals surface area (Å²) in [4.78, 5) is 26.2. The Kier molecular flexibility index (Phi) is 5.70. The molecule has 172 valence electrons. The van der Waals surface area contributed by atoms with Crippen LogP contribution in [0.3, 0.4) is 0 Å². The summed E-state index contributed by atoms with van der Waals surface area (Å²) in [6.45, 7) is 6.19. The molecular formula is C24H26ClN5O3. The number of carbonyl (C=O) groups excluding carboxylic acids is 1. The molecule has 3 aromatic rings. The van der Waals surface area contributed by atoms with Gasteiger partial charge in [-0.1, -0.05) is 16.8 Å². The van der Waals surface area contributed by atoms with E-state index in [1.165, 1.54) is 0 Å². The number of anilines is 1. The smallest absolute Gasteiger partial charge is 0.266 e. The Labute approximate surface area is 197 Å². The van der Waals surface area contributed by atoms with Gasteiger partial charge < -0.3 is 19.1 Å². The highest BCUT2D eigenvalue weighted by Crippen LogP contribution is 2.39. The Hall–Kier alpha value is -3.13. The van der Waals surface area contributed by atoms with Gasteiger partial charge in [0.15, 0.2) is 5.60 Å². The fourth-order valence-corrected chi connectivity index (χ4v) is 4.04. The number of halogens is 1. The maximum Gasteiger partial charge on any atom is 0.266 e. The average molecular weight is 468 g/mol. The molecule has 0 spiro atoms. The fourth-order valence-electron chi connectivity index (χ4n) is 3.91. The molecule has 2 aliphatic rings. The summed E-state index contributed by atoms with van der Waals surface area (Å²) in [6, 6.07) is 11.0. The van der Waals surface area contributed by atoms with Crippen molar-refractivity contribution >= 4 is 23.3 Å². The van der Waals surface area contributed by atoms with Gasteiger partial charge in [0.25, 0.3) is 5.91 Å². The molecule has 3 heterocycles. The molecule has 2 fully saturated rings. The lowest BCUT2D eigenvalue weighted by atomic mass is 10.1. The lowest BCUT2D eigenvalue weighted by molar-refractivity contribution is -0.145. The highest BCUT2D eigenvalue weighted by Gasteiger charge is 2.36. The minimum absolute atomic E-state index is 0.0380. The summed E-state index contributed by atoms with van der Waals surface area (Å²) in [7, 11) is 0. The first-order chi connectivity index (χ1) is 15.9. The number of nitrogens with zero attached hydrogens (tertiary/aromatic N) is 5. The van der Waals surface area contributed by atoms with Crippen LogP contribution in [-0.2, 0) is 4.79 Å². The SMILES string of the molecule is CC(C)(Oc1ccc(Cl)cc1)C(=O)N1CCN(c2ccc(-c3noc(C4CC4)n3)cn2)CC1. The quantitative estimate of drug-likeness (QED) is 0.537. The van der Waals surface area contributed by atoms with E-state index in [0.29, 0.717) is 48.7 Å². The van der Waals surface area contributed by atoms with Crippen LogP contribution >= 0.6 is 11.6 Å². The Morgan fingerprint density at radius 1 is 1.09 bits per heavy atom. The number of hydrogen-bond acceptors (Lipinski definition) is 7. The summed E-state index contributed by atoms with van der Waals surface area (Å²) in [5.74, 6) is 3.18. The van der Waals surface area contributed by atoms with Crippen molar-refractivity contribution in [1.82, 2.24) is 20.0 Å². The standard InChI is InChI=1S/C24H26ClN5O3/c1-24(2,32-19-8-6-18(25)7-9-19)23(31)30-13-11-29(12-14-30)20-10-5-17(15-26-20)21-27-22(33-28-21)16-3-4-16/h5-10,15-16H,3-4,11-14H2,1-2H3. The summed E-state index contributed by atoms with van der Waals surface area (Å²) >= 11 is 5.93. The monoisotopic (exact) mass is 467 g/mol. The van der Waals surface area contributed by atoms with Crippen LogP contribution in [0.25, 0.3) is 11.4 Å². The van der Waals surface area contributed by atoms with Crippen LogP contribution < -0.4 is 9.64 Å². The molecule has 1 aliphatic heterocycles. The molecule has 0 N–H and O–H groups in total. The van der Waals surface area contributed by atoms with Crippen molar-refractivity contribution in [3.63, 3.8) is 0 Å². The molecule has 1 aromatic carbocycles. The Morgan fingerprint density at radius 2 is 1.82 bits per heavy atom. The van der Waals surface area contributed by atoms with Crippen molar-refractivity contribution in [3.05, 3.63) is 53.5 Å². The molecule has 33 heavy (non-hydrogen) atoms. The summed E-state index contributed by atoms with van der Waals surface area (Å²) in [6.07, 6.45) is 4.02. The predicted molar refractivity (Wildman–Crippen MR) is 124 cm³/mol. The third-order valence-electron chi connectivity index (χ3n) is 5.97.